The second-order valence-electron chi connectivity index (χ2n) is 5.67. The minimum atomic E-state index is -6.00. The Labute approximate surface area is 154 Å². The zero-order valence-electron chi connectivity index (χ0n) is 14.4. The Morgan fingerprint density at radius 1 is 0.889 bits per heavy atom. The first-order valence-corrected chi connectivity index (χ1v) is 9.57. The Kier molecular flexibility index (Phi) is 6.10. The molecule has 0 bridgehead atoms. The zero-order valence-corrected chi connectivity index (χ0v) is 15.3. The molecule has 10 heteroatoms. The van der Waals surface area contributed by atoms with Gasteiger partial charge < -0.3 is 17.3 Å². The monoisotopic (exact) mass is 401 g/mol. The number of benzene rings is 2. The third kappa shape index (κ3) is 6.24. The molecular formula is C17H16BF4NO3S. The molecule has 0 saturated carbocycles. The van der Waals surface area contributed by atoms with E-state index in [4.69, 9.17) is 4.52 Å². The van der Waals surface area contributed by atoms with E-state index in [0.717, 1.165) is 22.5 Å². The van der Waals surface area contributed by atoms with Crippen LogP contribution in [-0.4, -0.2) is 21.9 Å². The van der Waals surface area contributed by atoms with Gasteiger partial charge in [-0.1, -0.05) is 42.5 Å². The summed E-state index contributed by atoms with van der Waals surface area (Å²) in [7, 11) is -7.37. The number of hydrogen-bond donors (Lipinski definition) is 0. The number of sulfone groups is 1. The number of hydrogen-bond acceptors (Lipinski definition) is 3. The van der Waals surface area contributed by atoms with Crippen molar-refractivity contribution in [3.05, 3.63) is 60.8 Å². The maximum Gasteiger partial charge on any atom is 0.673 e. The Morgan fingerprint density at radius 2 is 1.41 bits per heavy atom. The lowest BCUT2D eigenvalue weighted by Gasteiger charge is -2.01. The second kappa shape index (κ2) is 7.95. The molecule has 2 aromatic carbocycles. The highest BCUT2D eigenvalue weighted by atomic mass is 32.2. The van der Waals surface area contributed by atoms with Crippen LogP contribution in [0.15, 0.2) is 70.2 Å². The number of aryl methyl sites for hydroxylation is 1. The third-order valence-corrected chi connectivity index (χ3v) is 4.55. The first-order valence-electron chi connectivity index (χ1n) is 7.68. The van der Waals surface area contributed by atoms with E-state index < -0.39 is 17.1 Å². The van der Waals surface area contributed by atoms with Crippen molar-refractivity contribution in [1.29, 1.82) is 0 Å². The standard InChI is InChI=1S/C17H16NO3S.BF4/c1-18-12-16(17(21-18)14-6-4-3-5-7-14)13-8-10-15(11-9-13)22(2,19)20;2-1(3,4)5/h3-12H,1-2H3;/q+1;-1. The molecule has 0 N–H and O–H groups in total. The van der Waals surface area contributed by atoms with Crippen LogP contribution < -0.4 is 4.74 Å². The summed E-state index contributed by atoms with van der Waals surface area (Å²) in [4.78, 5) is 0.311. The Morgan fingerprint density at radius 3 is 1.89 bits per heavy atom. The molecule has 3 rings (SSSR count). The van der Waals surface area contributed by atoms with E-state index in [2.05, 4.69) is 0 Å². The van der Waals surface area contributed by atoms with E-state index in [1.807, 2.05) is 43.6 Å². The summed E-state index contributed by atoms with van der Waals surface area (Å²) in [5.41, 5.74) is 2.81. The number of halogens is 4. The van der Waals surface area contributed by atoms with E-state index in [1.165, 1.54) is 6.26 Å². The van der Waals surface area contributed by atoms with Gasteiger partial charge in [0.2, 0.25) is 12.0 Å². The van der Waals surface area contributed by atoms with Crippen molar-refractivity contribution in [2.75, 3.05) is 6.26 Å². The summed E-state index contributed by atoms with van der Waals surface area (Å²) in [5, 5.41) is 0. The van der Waals surface area contributed by atoms with Crippen molar-refractivity contribution in [1.82, 2.24) is 0 Å². The van der Waals surface area contributed by atoms with Crippen LogP contribution in [0.5, 0.6) is 0 Å². The van der Waals surface area contributed by atoms with Gasteiger partial charge in [0.25, 0.3) is 0 Å². The predicted molar refractivity (Wildman–Crippen MR) is 94.1 cm³/mol. The van der Waals surface area contributed by atoms with Gasteiger partial charge in [-0.05, 0) is 22.4 Å². The minimum absolute atomic E-state index is 0.311. The van der Waals surface area contributed by atoms with Crippen molar-refractivity contribution in [3.63, 3.8) is 0 Å². The molecule has 0 amide bonds. The van der Waals surface area contributed by atoms with Crippen LogP contribution in [0, 0.1) is 0 Å². The van der Waals surface area contributed by atoms with Crippen molar-refractivity contribution >= 4 is 17.1 Å². The highest BCUT2D eigenvalue weighted by molar-refractivity contribution is 7.90. The predicted octanol–water partition coefficient (Wildman–Crippen LogP) is 4.14. The summed E-state index contributed by atoms with van der Waals surface area (Å²) in [5.74, 6) is 0.759. The lowest BCUT2D eigenvalue weighted by molar-refractivity contribution is -0.843. The van der Waals surface area contributed by atoms with Crippen LogP contribution in [0.25, 0.3) is 22.5 Å². The van der Waals surface area contributed by atoms with E-state index in [-0.39, 0.29) is 0 Å². The molecule has 4 nitrogen and oxygen atoms in total. The highest BCUT2D eigenvalue weighted by Gasteiger charge is 2.21. The van der Waals surface area contributed by atoms with Gasteiger partial charge in [0, 0.05) is 11.8 Å². The van der Waals surface area contributed by atoms with Crippen molar-refractivity contribution in [2.45, 2.75) is 4.90 Å². The van der Waals surface area contributed by atoms with Crippen LogP contribution in [0.3, 0.4) is 0 Å². The molecule has 0 aliphatic carbocycles. The molecule has 0 unspecified atom stereocenters. The minimum Gasteiger partial charge on any atom is -0.418 e. The molecule has 1 aromatic heterocycles. The van der Waals surface area contributed by atoms with Crippen LogP contribution in [0.1, 0.15) is 0 Å². The quantitative estimate of drug-likeness (QED) is 0.377. The Hall–Kier alpha value is -2.62. The molecule has 0 aliphatic heterocycles. The van der Waals surface area contributed by atoms with Gasteiger partial charge in [-0.2, -0.15) is 0 Å². The molecule has 0 saturated heterocycles. The average Bonchev–Trinajstić information content (AvgIpc) is 2.95. The van der Waals surface area contributed by atoms with Crippen molar-refractivity contribution in [3.8, 4) is 22.5 Å². The molecule has 144 valence electrons. The van der Waals surface area contributed by atoms with Gasteiger partial charge in [0.1, 0.15) is 5.56 Å². The molecule has 0 aliphatic rings. The lowest BCUT2D eigenvalue weighted by Crippen LogP contribution is -2.22. The Balaban J connectivity index is 0.000000465. The van der Waals surface area contributed by atoms with Crippen molar-refractivity contribution < 1.29 is 34.9 Å². The van der Waals surface area contributed by atoms with Gasteiger partial charge in [-0.15, -0.1) is 0 Å². The first kappa shape index (κ1) is 20.7. The summed E-state index contributed by atoms with van der Waals surface area (Å²) in [6.45, 7) is 0. The van der Waals surface area contributed by atoms with Gasteiger partial charge >= 0.3 is 7.25 Å². The zero-order chi connectivity index (χ0) is 20.2. The fraction of sp³-hybridized carbons (Fsp3) is 0.118. The van der Waals surface area contributed by atoms with Crippen LogP contribution in [0.2, 0.25) is 0 Å². The molecule has 3 aromatic rings. The molecular weight excluding hydrogens is 385 g/mol. The molecule has 0 atom stereocenters. The first-order chi connectivity index (χ1) is 12.4. The average molecular weight is 401 g/mol. The number of rotatable bonds is 3. The van der Waals surface area contributed by atoms with Crippen LogP contribution in [-0.2, 0) is 16.9 Å². The second-order valence-corrected chi connectivity index (χ2v) is 7.68. The summed E-state index contributed by atoms with van der Waals surface area (Å²) in [6, 6.07) is 16.6. The van der Waals surface area contributed by atoms with Gasteiger partial charge in [-0.3, -0.25) is 0 Å². The highest BCUT2D eigenvalue weighted by Crippen LogP contribution is 2.31. The molecule has 0 spiro atoms. The smallest absolute Gasteiger partial charge is 0.418 e. The number of aromatic nitrogens is 1. The fourth-order valence-electron chi connectivity index (χ4n) is 2.35. The van der Waals surface area contributed by atoms with Gasteiger partial charge in [0.05, 0.1) is 4.90 Å². The SMILES string of the molecule is C[n+]1cc(-c2ccc(S(C)(=O)=O)cc2)c(-c2ccccc2)o1.F[B-](F)(F)F. The van der Waals surface area contributed by atoms with Crippen LogP contribution >= 0.6 is 0 Å². The number of nitrogens with zero attached hydrogens (tertiary/aromatic N) is 1. The topological polar surface area (TPSA) is 51.2 Å². The maximum absolute atomic E-state index is 11.6. The molecule has 0 radical (unpaired) electrons. The fourth-order valence-corrected chi connectivity index (χ4v) is 2.98. The largest absolute Gasteiger partial charge is 0.673 e. The normalized spacial score (nSPS) is 11.6. The molecule has 27 heavy (non-hydrogen) atoms. The summed E-state index contributed by atoms with van der Waals surface area (Å²) >= 11 is 0. The third-order valence-electron chi connectivity index (χ3n) is 3.42. The van der Waals surface area contributed by atoms with Crippen LogP contribution in [0.4, 0.5) is 17.3 Å². The van der Waals surface area contributed by atoms with E-state index >= 15 is 0 Å². The Bertz CT molecular complexity index is 995. The van der Waals surface area contributed by atoms with E-state index in [1.54, 1.807) is 29.0 Å². The maximum atomic E-state index is 11.6. The van der Waals surface area contributed by atoms with Gasteiger partial charge in [-0.25, -0.2) is 12.9 Å². The van der Waals surface area contributed by atoms with E-state index in [9.17, 15) is 25.7 Å². The van der Waals surface area contributed by atoms with Gasteiger partial charge in [0.15, 0.2) is 16.9 Å². The molecule has 1 heterocycles. The van der Waals surface area contributed by atoms with Crippen molar-refractivity contribution in [2.24, 2.45) is 7.05 Å². The molecule has 0 fully saturated rings. The van der Waals surface area contributed by atoms with E-state index in [0.29, 0.717) is 4.90 Å². The summed E-state index contributed by atoms with van der Waals surface area (Å²) in [6.07, 6.45) is 3.09. The lowest BCUT2D eigenvalue weighted by atomic mass is 10.0. The summed E-state index contributed by atoms with van der Waals surface area (Å²) < 4.78 is 69.5.